The van der Waals surface area contributed by atoms with Crippen LogP contribution < -0.4 is 9.47 Å². The Morgan fingerprint density at radius 2 is 2.12 bits per heavy atom. The number of hydrogen-bond acceptors (Lipinski definition) is 6. The Bertz CT molecular complexity index is 906. The van der Waals surface area contributed by atoms with Crippen molar-refractivity contribution in [2.24, 2.45) is 0 Å². The first-order valence-electron chi connectivity index (χ1n) is 7.05. The summed E-state index contributed by atoms with van der Waals surface area (Å²) >= 11 is 14.1. The van der Waals surface area contributed by atoms with Crippen molar-refractivity contribution in [3.05, 3.63) is 46.1 Å². The lowest BCUT2D eigenvalue weighted by molar-refractivity contribution is 0.171. The smallest absolute Gasteiger partial charge is 0.269 e. The third-order valence-electron chi connectivity index (χ3n) is 3.28. The van der Waals surface area contributed by atoms with Crippen LogP contribution in [0.2, 0.25) is 5.02 Å². The lowest BCUT2D eigenvalue weighted by Crippen LogP contribution is -2.15. The normalized spacial score (nSPS) is 14.0. The molecule has 1 aliphatic heterocycles. The zero-order valence-corrected chi connectivity index (χ0v) is 14.5. The van der Waals surface area contributed by atoms with Gasteiger partial charge in [-0.1, -0.05) is 34.4 Å². The summed E-state index contributed by atoms with van der Waals surface area (Å²) < 4.78 is 16.3. The van der Waals surface area contributed by atoms with Crippen LogP contribution in [-0.4, -0.2) is 23.4 Å². The lowest BCUT2D eigenvalue weighted by atomic mass is 10.1. The monoisotopic (exact) mass is 380 g/mol. The molecule has 24 heavy (non-hydrogen) atoms. The van der Waals surface area contributed by atoms with Crippen molar-refractivity contribution in [1.29, 1.82) is 0 Å². The van der Waals surface area contributed by atoms with Crippen LogP contribution >= 0.6 is 34.5 Å². The van der Waals surface area contributed by atoms with E-state index in [0.717, 1.165) is 10.4 Å². The van der Waals surface area contributed by atoms with Crippen molar-refractivity contribution < 1.29 is 14.0 Å². The van der Waals surface area contributed by atoms with Gasteiger partial charge in [-0.05, 0) is 35.2 Å². The number of fused-ring (bicyclic) bond motifs is 1. The van der Waals surface area contributed by atoms with Crippen LogP contribution in [0.1, 0.15) is 11.5 Å². The van der Waals surface area contributed by atoms with Crippen LogP contribution in [0.15, 0.2) is 34.2 Å². The van der Waals surface area contributed by atoms with E-state index < -0.39 is 0 Å². The van der Waals surface area contributed by atoms with Gasteiger partial charge in [0, 0.05) is 0 Å². The predicted octanol–water partition coefficient (Wildman–Crippen LogP) is 4.96. The first-order valence-corrected chi connectivity index (χ1v) is 8.68. The highest BCUT2D eigenvalue weighted by atomic mass is 35.5. The van der Waals surface area contributed by atoms with Gasteiger partial charge in [0.15, 0.2) is 11.5 Å². The molecular formula is C16H10Cl2N2O3S. The number of nitrogens with zero attached hydrogens (tertiary/aromatic N) is 2. The Balaban J connectivity index is 1.65. The Kier molecular flexibility index (Phi) is 4.18. The number of hydrogen-bond donors (Lipinski definition) is 0. The number of thiophene rings is 1. The molecule has 0 saturated heterocycles. The van der Waals surface area contributed by atoms with Crippen LogP contribution in [0.5, 0.6) is 11.5 Å². The molecule has 0 unspecified atom stereocenters. The minimum absolute atomic E-state index is 0.242. The van der Waals surface area contributed by atoms with Gasteiger partial charge in [-0.2, -0.15) is 4.98 Å². The molecule has 0 spiro atoms. The standard InChI is InChI=1S/C16H10Cl2N2O3S/c17-10-6-9(8-12-14(10)22-4-3-21-12)7-11(18)16-19-15(20-23-16)13-2-1-5-24-13/h1-2,5-8H,3-4H2/b11-7-. The largest absolute Gasteiger partial charge is 0.486 e. The molecule has 1 aliphatic rings. The molecule has 3 heterocycles. The van der Waals surface area contributed by atoms with Crippen molar-refractivity contribution in [2.75, 3.05) is 13.2 Å². The lowest BCUT2D eigenvalue weighted by Gasteiger charge is -2.19. The van der Waals surface area contributed by atoms with Gasteiger partial charge in [0.2, 0.25) is 5.82 Å². The molecule has 0 atom stereocenters. The maximum absolute atomic E-state index is 6.30. The summed E-state index contributed by atoms with van der Waals surface area (Å²) in [5.41, 5.74) is 0.755. The maximum atomic E-state index is 6.30. The molecule has 0 N–H and O–H groups in total. The van der Waals surface area contributed by atoms with Gasteiger partial charge in [0.25, 0.3) is 5.89 Å². The summed E-state index contributed by atoms with van der Waals surface area (Å²) in [7, 11) is 0. The van der Waals surface area contributed by atoms with Gasteiger partial charge in [-0.25, -0.2) is 0 Å². The van der Waals surface area contributed by atoms with E-state index in [1.807, 2.05) is 17.5 Å². The summed E-state index contributed by atoms with van der Waals surface area (Å²) in [6.45, 7) is 0.966. The second-order valence-electron chi connectivity index (χ2n) is 4.92. The molecule has 2 aromatic heterocycles. The summed E-state index contributed by atoms with van der Waals surface area (Å²) in [5, 5.41) is 6.66. The van der Waals surface area contributed by atoms with Crippen molar-refractivity contribution in [3.63, 3.8) is 0 Å². The summed E-state index contributed by atoms with van der Waals surface area (Å²) in [5.74, 6) is 1.89. The summed E-state index contributed by atoms with van der Waals surface area (Å²) in [6.07, 6.45) is 1.69. The third kappa shape index (κ3) is 3.00. The van der Waals surface area contributed by atoms with E-state index in [1.54, 1.807) is 18.2 Å². The second-order valence-corrected chi connectivity index (χ2v) is 6.68. The highest BCUT2D eigenvalue weighted by Crippen LogP contribution is 2.39. The first kappa shape index (κ1) is 15.5. The molecule has 0 saturated carbocycles. The van der Waals surface area contributed by atoms with Crippen LogP contribution in [0.4, 0.5) is 0 Å². The van der Waals surface area contributed by atoms with E-state index in [0.29, 0.717) is 40.6 Å². The minimum atomic E-state index is 0.242. The average Bonchev–Trinajstić information content (AvgIpc) is 3.26. The van der Waals surface area contributed by atoms with Gasteiger partial charge in [-0.15, -0.1) is 11.3 Å². The fourth-order valence-corrected chi connectivity index (χ4v) is 3.37. The minimum Gasteiger partial charge on any atom is -0.486 e. The maximum Gasteiger partial charge on any atom is 0.269 e. The van der Waals surface area contributed by atoms with Gasteiger partial charge >= 0.3 is 0 Å². The van der Waals surface area contributed by atoms with Gasteiger partial charge < -0.3 is 14.0 Å². The van der Waals surface area contributed by atoms with Crippen molar-refractivity contribution in [1.82, 2.24) is 10.1 Å². The SMILES string of the molecule is Cl/C(=C\c1cc(Cl)c2c(c1)OCCO2)c1nc(-c2cccs2)no1. The topological polar surface area (TPSA) is 57.4 Å². The molecule has 0 radical (unpaired) electrons. The van der Waals surface area contributed by atoms with E-state index in [1.165, 1.54) is 11.3 Å². The van der Waals surface area contributed by atoms with Gasteiger partial charge in [0.1, 0.15) is 18.2 Å². The third-order valence-corrected chi connectivity index (χ3v) is 4.70. The quantitative estimate of drug-likeness (QED) is 0.642. The molecule has 3 aromatic rings. The number of benzene rings is 1. The van der Waals surface area contributed by atoms with Crippen LogP contribution in [-0.2, 0) is 0 Å². The first-order chi connectivity index (χ1) is 11.7. The van der Waals surface area contributed by atoms with E-state index in [9.17, 15) is 0 Å². The predicted molar refractivity (Wildman–Crippen MR) is 93.8 cm³/mol. The molecule has 0 fully saturated rings. The molecule has 122 valence electrons. The molecule has 5 nitrogen and oxygen atoms in total. The zero-order chi connectivity index (χ0) is 16.5. The number of ether oxygens (including phenoxy) is 2. The Morgan fingerprint density at radius 1 is 1.25 bits per heavy atom. The highest BCUT2D eigenvalue weighted by molar-refractivity contribution is 7.13. The Labute approximate surface area is 151 Å². The number of rotatable bonds is 3. The number of halogens is 2. The van der Waals surface area contributed by atoms with Crippen molar-refractivity contribution in [3.8, 4) is 22.2 Å². The van der Waals surface area contributed by atoms with E-state index >= 15 is 0 Å². The van der Waals surface area contributed by atoms with Gasteiger partial charge in [0.05, 0.1) is 9.90 Å². The molecule has 0 amide bonds. The van der Waals surface area contributed by atoms with E-state index in [-0.39, 0.29) is 5.89 Å². The van der Waals surface area contributed by atoms with Crippen LogP contribution in [0, 0.1) is 0 Å². The molecule has 8 heteroatoms. The zero-order valence-electron chi connectivity index (χ0n) is 12.2. The van der Waals surface area contributed by atoms with E-state index in [4.69, 9.17) is 37.2 Å². The molecule has 1 aromatic carbocycles. The fraction of sp³-hybridized carbons (Fsp3) is 0.125. The molecule has 0 bridgehead atoms. The Hall–Kier alpha value is -2.02. The highest BCUT2D eigenvalue weighted by Gasteiger charge is 2.17. The van der Waals surface area contributed by atoms with E-state index in [2.05, 4.69) is 10.1 Å². The average molecular weight is 381 g/mol. The van der Waals surface area contributed by atoms with Crippen LogP contribution in [0.3, 0.4) is 0 Å². The molecule has 4 rings (SSSR count). The molecule has 0 aliphatic carbocycles. The fourth-order valence-electron chi connectivity index (χ4n) is 2.25. The summed E-state index contributed by atoms with van der Waals surface area (Å²) in [6, 6.07) is 7.38. The van der Waals surface area contributed by atoms with Gasteiger partial charge in [-0.3, -0.25) is 0 Å². The van der Waals surface area contributed by atoms with Crippen LogP contribution in [0.25, 0.3) is 21.8 Å². The number of aromatic nitrogens is 2. The van der Waals surface area contributed by atoms with Crippen molar-refractivity contribution in [2.45, 2.75) is 0 Å². The molecular weight excluding hydrogens is 371 g/mol. The Morgan fingerprint density at radius 3 is 2.96 bits per heavy atom. The van der Waals surface area contributed by atoms with Crippen molar-refractivity contribution >= 4 is 45.6 Å². The summed E-state index contributed by atoms with van der Waals surface area (Å²) in [4.78, 5) is 5.22. The second kappa shape index (κ2) is 6.47.